The summed E-state index contributed by atoms with van der Waals surface area (Å²) in [6, 6.07) is 0. The molecule has 26 heavy (non-hydrogen) atoms. The Bertz CT molecular complexity index is 854. The topological polar surface area (TPSA) is 93.1 Å². The molecule has 140 valence electrons. The Morgan fingerprint density at radius 3 is 2.92 bits per heavy atom. The van der Waals surface area contributed by atoms with E-state index in [1.54, 1.807) is 15.8 Å². The lowest BCUT2D eigenvalue weighted by Gasteiger charge is -2.23. The van der Waals surface area contributed by atoms with Crippen LogP contribution in [0, 0.1) is 5.92 Å². The summed E-state index contributed by atoms with van der Waals surface area (Å²) in [5.74, 6) is 0.762. The maximum Gasteiger partial charge on any atom is 0.277 e. The molecular formula is C17H22ClN5O3. The number of halogens is 1. The second-order valence-electron chi connectivity index (χ2n) is 7.01. The smallest absolute Gasteiger partial charge is 0.277 e. The second-order valence-corrected chi connectivity index (χ2v) is 7.28. The summed E-state index contributed by atoms with van der Waals surface area (Å²) in [7, 11) is 0. The number of fused-ring (bicyclic) bond motifs is 1. The van der Waals surface area contributed by atoms with Crippen LogP contribution in [0.1, 0.15) is 44.2 Å². The van der Waals surface area contributed by atoms with E-state index in [0.29, 0.717) is 35.9 Å². The molecule has 3 heterocycles. The van der Waals surface area contributed by atoms with Gasteiger partial charge in [-0.25, -0.2) is 9.67 Å². The van der Waals surface area contributed by atoms with Crippen LogP contribution in [-0.2, 0) is 16.1 Å². The molecule has 2 fully saturated rings. The zero-order chi connectivity index (χ0) is 18.1. The average Bonchev–Trinajstić information content (AvgIpc) is 3.37. The zero-order valence-electron chi connectivity index (χ0n) is 14.5. The van der Waals surface area contributed by atoms with Crippen molar-refractivity contribution >= 4 is 28.5 Å². The number of hydrogen-bond acceptors (Lipinski definition) is 5. The first-order valence-electron chi connectivity index (χ1n) is 9.07. The number of amides is 1. The van der Waals surface area contributed by atoms with Crippen molar-refractivity contribution in [1.29, 1.82) is 0 Å². The van der Waals surface area contributed by atoms with Gasteiger partial charge in [0.2, 0.25) is 5.91 Å². The van der Waals surface area contributed by atoms with E-state index in [-0.39, 0.29) is 30.1 Å². The van der Waals surface area contributed by atoms with Crippen LogP contribution in [0.25, 0.3) is 11.0 Å². The highest BCUT2D eigenvalue weighted by Crippen LogP contribution is 2.30. The van der Waals surface area contributed by atoms with Crippen molar-refractivity contribution < 1.29 is 9.53 Å². The molecule has 0 spiro atoms. The summed E-state index contributed by atoms with van der Waals surface area (Å²) in [5.41, 5.74) is 0.669. The quantitative estimate of drug-likeness (QED) is 0.772. The molecule has 1 amide bonds. The highest BCUT2D eigenvalue weighted by molar-refractivity contribution is 6.27. The Morgan fingerprint density at radius 1 is 1.38 bits per heavy atom. The molecule has 1 atom stereocenters. The summed E-state index contributed by atoms with van der Waals surface area (Å²) in [4.78, 5) is 33.7. The van der Waals surface area contributed by atoms with Gasteiger partial charge in [-0.2, -0.15) is 5.10 Å². The Labute approximate surface area is 155 Å². The van der Waals surface area contributed by atoms with Gasteiger partial charge in [0.05, 0.1) is 12.7 Å². The molecule has 8 nitrogen and oxygen atoms in total. The summed E-state index contributed by atoms with van der Waals surface area (Å²) in [6.07, 6.45) is 6.52. The fourth-order valence-electron chi connectivity index (χ4n) is 3.36. The first kappa shape index (κ1) is 17.5. The van der Waals surface area contributed by atoms with Crippen LogP contribution in [0.4, 0.5) is 0 Å². The van der Waals surface area contributed by atoms with Crippen LogP contribution in [0.2, 0.25) is 0 Å². The van der Waals surface area contributed by atoms with Crippen molar-refractivity contribution in [3.63, 3.8) is 0 Å². The number of nitrogens with zero attached hydrogens (tertiary/aromatic N) is 4. The summed E-state index contributed by atoms with van der Waals surface area (Å²) < 4.78 is 7.35. The zero-order valence-corrected chi connectivity index (χ0v) is 15.2. The van der Waals surface area contributed by atoms with E-state index >= 15 is 0 Å². The fourth-order valence-corrected chi connectivity index (χ4v) is 3.53. The van der Waals surface area contributed by atoms with E-state index in [0.717, 1.165) is 32.1 Å². The summed E-state index contributed by atoms with van der Waals surface area (Å²) in [6.45, 7) is 1.58. The van der Waals surface area contributed by atoms with Gasteiger partial charge in [0.1, 0.15) is 17.2 Å². The number of carbonyl (C=O) groups excluding carboxylic acids is 1. The number of nitrogens with one attached hydrogen (secondary N) is 1. The third-order valence-corrected chi connectivity index (χ3v) is 5.14. The van der Waals surface area contributed by atoms with E-state index < -0.39 is 0 Å². The van der Waals surface area contributed by atoms with E-state index in [2.05, 4.69) is 15.1 Å². The van der Waals surface area contributed by atoms with Crippen LogP contribution < -0.4 is 5.56 Å². The van der Waals surface area contributed by atoms with Crippen LogP contribution >= 0.6 is 11.6 Å². The highest BCUT2D eigenvalue weighted by Gasteiger charge is 2.27. The Hall–Kier alpha value is -1.93. The number of ether oxygens (including phenoxy) is 1. The Kier molecular flexibility index (Phi) is 4.95. The first-order chi connectivity index (χ1) is 12.7. The largest absolute Gasteiger partial charge is 0.356 e. The van der Waals surface area contributed by atoms with Crippen molar-refractivity contribution in [3.8, 4) is 0 Å². The molecule has 2 aromatic heterocycles. The van der Waals surface area contributed by atoms with Gasteiger partial charge in [-0.3, -0.25) is 9.59 Å². The number of aromatic nitrogens is 4. The monoisotopic (exact) mass is 379 g/mol. The molecule has 4 rings (SSSR count). The van der Waals surface area contributed by atoms with Crippen molar-refractivity contribution in [1.82, 2.24) is 24.6 Å². The van der Waals surface area contributed by atoms with Crippen LogP contribution in [-0.4, -0.2) is 49.6 Å². The molecule has 1 aliphatic heterocycles. The number of carbonyl (C=O) groups is 1. The molecule has 0 bridgehead atoms. The Balaban J connectivity index is 1.60. The third-order valence-electron chi connectivity index (χ3n) is 4.92. The molecule has 0 aromatic carbocycles. The van der Waals surface area contributed by atoms with E-state index in [9.17, 15) is 9.59 Å². The van der Waals surface area contributed by atoms with Crippen molar-refractivity contribution in [2.24, 2.45) is 5.92 Å². The molecule has 0 radical (unpaired) electrons. The molecule has 1 saturated heterocycles. The Morgan fingerprint density at radius 2 is 2.23 bits per heavy atom. The number of aromatic amines is 1. The lowest BCUT2D eigenvalue weighted by atomic mass is 10.2. The van der Waals surface area contributed by atoms with Crippen molar-refractivity contribution in [2.45, 2.75) is 44.9 Å². The van der Waals surface area contributed by atoms with Gasteiger partial charge in [0.25, 0.3) is 5.56 Å². The first-order valence-corrected chi connectivity index (χ1v) is 9.61. The minimum Gasteiger partial charge on any atom is -0.356 e. The van der Waals surface area contributed by atoms with Crippen LogP contribution in [0.5, 0.6) is 0 Å². The molecule has 1 N–H and O–H groups in total. The van der Waals surface area contributed by atoms with Gasteiger partial charge in [0, 0.05) is 13.2 Å². The van der Waals surface area contributed by atoms with E-state index in [4.69, 9.17) is 16.3 Å². The molecule has 2 aromatic rings. The SMILES string of the molecule is O=C(CCl)N(Cc1nc2cnn(C3CCCCO3)c2c(=O)[nH]1)CC1CC1. The maximum absolute atomic E-state index is 12.6. The van der Waals surface area contributed by atoms with Gasteiger partial charge >= 0.3 is 0 Å². The number of H-pyrrole nitrogens is 1. The molecule has 9 heteroatoms. The predicted molar refractivity (Wildman–Crippen MR) is 95.8 cm³/mol. The standard InChI is InChI=1S/C17H22ClN5O3/c18-7-14(24)22(9-11-4-5-11)10-13-20-12-8-19-23(16(12)17(25)21-13)15-3-1-2-6-26-15/h8,11,15H,1-7,9-10H2,(H,20,21,25). The number of alkyl halides is 1. The van der Waals surface area contributed by atoms with E-state index in [1.807, 2.05) is 0 Å². The van der Waals surface area contributed by atoms with Gasteiger partial charge in [-0.05, 0) is 38.0 Å². The highest BCUT2D eigenvalue weighted by atomic mass is 35.5. The average molecular weight is 380 g/mol. The van der Waals surface area contributed by atoms with E-state index in [1.165, 1.54) is 0 Å². The maximum atomic E-state index is 12.6. The van der Waals surface area contributed by atoms with Crippen molar-refractivity contribution in [2.75, 3.05) is 19.0 Å². The number of hydrogen-bond donors (Lipinski definition) is 1. The normalized spacial score (nSPS) is 20.4. The van der Waals surface area contributed by atoms with Crippen LogP contribution in [0.3, 0.4) is 0 Å². The summed E-state index contributed by atoms with van der Waals surface area (Å²) in [5, 5.41) is 4.32. The minimum atomic E-state index is -0.263. The number of rotatable bonds is 6. The molecule has 2 aliphatic rings. The lowest BCUT2D eigenvalue weighted by molar-refractivity contribution is -0.129. The lowest BCUT2D eigenvalue weighted by Crippen LogP contribution is -2.34. The van der Waals surface area contributed by atoms with Crippen molar-refractivity contribution in [3.05, 3.63) is 22.4 Å². The predicted octanol–water partition coefficient (Wildman–Crippen LogP) is 1.80. The van der Waals surface area contributed by atoms with Gasteiger partial charge in [-0.1, -0.05) is 0 Å². The molecule has 1 unspecified atom stereocenters. The third kappa shape index (κ3) is 3.61. The van der Waals surface area contributed by atoms with Gasteiger partial charge < -0.3 is 14.6 Å². The molecular weight excluding hydrogens is 358 g/mol. The van der Waals surface area contributed by atoms with Gasteiger partial charge in [0.15, 0.2) is 11.7 Å². The molecule has 1 aliphatic carbocycles. The molecule has 1 saturated carbocycles. The van der Waals surface area contributed by atoms with Crippen LogP contribution in [0.15, 0.2) is 11.0 Å². The summed E-state index contributed by atoms with van der Waals surface area (Å²) >= 11 is 5.72. The van der Waals surface area contributed by atoms with Gasteiger partial charge in [-0.15, -0.1) is 11.6 Å². The fraction of sp³-hybridized carbons (Fsp3) is 0.647. The minimum absolute atomic E-state index is 0.0733. The second kappa shape index (κ2) is 7.36.